The summed E-state index contributed by atoms with van der Waals surface area (Å²) < 4.78 is 0. The Morgan fingerprint density at radius 1 is 1.03 bits per heavy atom. The molecule has 0 aromatic carbocycles. The Morgan fingerprint density at radius 3 is 2.23 bits per heavy atom. The fourth-order valence-corrected chi connectivity index (χ4v) is 5.44. The lowest BCUT2D eigenvalue weighted by Crippen LogP contribution is -2.44. The number of rotatable bonds is 9. The minimum atomic E-state index is 0.600. The lowest BCUT2D eigenvalue weighted by Gasteiger charge is -2.44. The molecule has 5 heteroatoms. The van der Waals surface area contributed by atoms with Crippen molar-refractivity contribution in [3.63, 3.8) is 0 Å². The molecular formula is C26H47N5. The minimum absolute atomic E-state index is 0.600. The second-order valence-electron chi connectivity index (χ2n) is 10.5. The number of piperidine rings is 2. The normalized spacial score (nSPS) is 24.4. The first-order valence-electron chi connectivity index (χ1n) is 12.7. The molecule has 1 saturated carbocycles. The van der Waals surface area contributed by atoms with Gasteiger partial charge in [-0.3, -0.25) is 0 Å². The van der Waals surface area contributed by atoms with Crippen LogP contribution < -0.4 is 17.2 Å². The van der Waals surface area contributed by atoms with E-state index in [0.717, 1.165) is 49.3 Å². The first kappa shape index (κ1) is 24.0. The van der Waals surface area contributed by atoms with Crippen LogP contribution in [0, 0.1) is 17.3 Å². The molecule has 176 valence electrons. The molecule has 1 aliphatic carbocycles. The molecule has 1 atom stereocenters. The maximum Gasteiger partial charge on any atom is 0.0987 e. The number of likely N-dealkylation sites (tertiary alicyclic amines) is 2. The van der Waals surface area contributed by atoms with Crippen molar-refractivity contribution in [1.82, 2.24) is 9.80 Å². The molecule has 2 aliphatic heterocycles. The van der Waals surface area contributed by atoms with Crippen LogP contribution in [0.15, 0.2) is 34.9 Å². The Morgan fingerprint density at radius 2 is 1.68 bits per heavy atom. The van der Waals surface area contributed by atoms with Crippen LogP contribution in [0.4, 0.5) is 0 Å². The molecule has 31 heavy (non-hydrogen) atoms. The highest BCUT2D eigenvalue weighted by Crippen LogP contribution is 2.41. The van der Waals surface area contributed by atoms with Crippen molar-refractivity contribution < 1.29 is 0 Å². The predicted molar refractivity (Wildman–Crippen MR) is 132 cm³/mol. The highest BCUT2D eigenvalue weighted by molar-refractivity contribution is 5.38. The van der Waals surface area contributed by atoms with Gasteiger partial charge >= 0.3 is 0 Å². The summed E-state index contributed by atoms with van der Waals surface area (Å²) in [4.78, 5) is 5.03. The zero-order valence-corrected chi connectivity index (χ0v) is 20.3. The average molecular weight is 430 g/mol. The molecule has 0 aromatic heterocycles. The van der Waals surface area contributed by atoms with E-state index in [4.69, 9.17) is 17.2 Å². The Kier molecular flexibility index (Phi) is 8.37. The fraction of sp³-hybridized carbons (Fsp3) is 0.769. The third kappa shape index (κ3) is 6.68. The lowest BCUT2D eigenvalue weighted by molar-refractivity contribution is 0.0599. The smallest absolute Gasteiger partial charge is 0.0987 e. The van der Waals surface area contributed by atoms with E-state index >= 15 is 0 Å². The van der Waals surface area contributed by atoms with Crippen LogP contribution >= 0.6 is 0 Å². The van der Waals surface area contributed by atoms with Gasteiger partial charge < -0.3 is 27.0 Å². The van der Waals surface area contributed by atoms with Crippen LogP contribution in [0.3, 0.4) is 0 Å². The predicted octanol–water partition coefficient (Wildman–Crippen LogP) is 4.28. The van der Waals surface area contributed by atoms with Gasteiger partial charge in [0.25, 0.3) is 0 Å². The zero-order valence-electron chi connectivity index (χ0n) is 20.3. The molecule has 3 fully saturated rings. The lowest BCUT2D eigenvalue weighted by atomic mass is 9.70. The van der Waals surface area contributed by atoms with Crippen LogP contribution in [-0.2, 0) is 0 Å². The first-order valence-corrected chi connectivity index (χ1v) is 12.7. The molecular weight excluding hydrogens is 382 g/mol. The molecule has 3 aliphatic rings. The van der Waals surface area contributed by atoms with Gasteiger partial charge in [0.05, 0.1) is 17.2 Å². The summed E-state index contributed by atoms with van der Waals surface area (Å²) in [6, 6.07) is 0. The van der Waals surface area contributed by atoms with Gasteiger partial charge in [-0.05, 0) is 93.0 Å². The van der Waals surface area contributed by atoms with Crippen molar-refractivity contribution in [2.45, 2.75) is 78.6 Å². The Labute approximate surface area is 190 Å². The third-order valence-electron chi connectivity index (χ3n) is 8.27. The molecule has 0 radical (unpaired) electrons. The fourth-order valence-electron chi connectivity index (χ4n) is 5.44. The Bertz CT molecular complexity index is 670. The van der Waals surface area contributed by atoms with Crippen molar-refractivity contribution in [3.05, 3.63) is 34.9 Å². The molecule has 5 nitrogen and oxygen atoms in total. The van der Waals surface area contributed by atoms with E-state index in [1.165, 1.54) is 70.2 Å². The number of hydrogen-bond acceptors (Lipinski definition) is 5. The van der Waals surface area contributed by atoms with Gasteiger partial charge in [0, 0.05) is 19.6 Å². The highest BCUT2D eigenvalue weighted by Gasteiger charge is 2.34. The molecule has 0 spiro atoms. The van der Waals surface area contributed by atoms with Crippen LogP contribution in [0.2, 0.25) is 0 Å². The summed E-state index contributed by atoms with van der Waals surface area (Å²) in [5.41, 5.74) is 21.7. The summed E-state index contributed by atoms with van der Waals surface area (Å²) in [5.74, 6) is 2.47. The van der Waals surface area contributed by atoms with Crippen LogP contribution in [0.25, 0.3) is 0 Å². The number of hydrogen-bond donors (Lipinski definition) is 3. The molecule has 2 heterocycles. The van der Waals surface area contributed by atoms with Crippen molar-refractivity contribution in [2.24, 2.45) is 34.5 Å². The van der Waals surface area contributed by atoms with Gasteiger partial charge in [0.15, 0.2) is 0 Å². The molecule has 3 rings (SSSR count). The quantitative estimate of drug-likeness (QED) is 0.477. The molecule has 0 bridgehead atoms. The summed E-state index contributed by atoms with van der Waals surface area (Å²) in [6.07, 6.45) is 15.3. The van der Waals surface area contributed by atoms with Crippen LogP contribution in [0.5, 0.6) is 0 Å². The molecule has 6 N–H and O–H groups in total. The summed E-state index contributed by atoms with van der Waals surface area (Å²) in [7, 11) is 0. The number of nitrogens with zero attached hydrogens (tertiary/aromatic N) is 2. The largest absolute Gasteiger partial charge is 0.397 e. The molecule has 0 amide bonds. The van der Waals surface area contributed by atoms with E-state index in [-0.39, 0.29) is 0 Å². The average Bonchev–Trinajstić information content (AvgIpc) is 3.64. The van der Waals surface area contributed by atoms with Gasteiger partial charge in [0.2, 0.25) is 0 Å². The molecule has 0 aromatic rings. The van der Waals surface area contributed by atoms with Crippen molar-refractivity contribution in [1.29, 1.82) is 0 Å². The number of allylic oxidation sites excluding steroid dienone is 3. The van der Waals surface area contributed by atoms with E-state index in [1.54, 1.807) is 0 Å². The number of nitrogens with two attached hydrogens (primary N) is 3. The highest BCUT2D eigenvalue weighted by atomic mass is 15.2. The van der Waals surface area contributed by atoms with E-state index < -0.39 is 0 Å². The maximum absolute atomic E-state index is 6.33. The van der Waals surface area contributed by atoms with Crippen molar-refractivity contribution >= 4 is 0 Å². The first-order chi connectivity index (χ1) is 14.9. The van der Waals surface area contributed by atoms with E-state index in [0.29, 0.717) is 11.1 Å². The standard InChI is InChI=1S/C26H47N5/c1-4-20(3)18-26(5-2)12-16-30(17-13-26)19-21-10-14-31(15-11-21)24(28)9-8-23(27)25(29)22-6-7-22/h8-9,20-21H,4-7,10-19,27-29H2,1-3H3/b23-8-,24-9+. The summed E-state index contributed by atoms with van der Waals surface area (Å²) >= 11 is 0. The summed E-state index contributed by atoms with van der Waals surface area (Å²) in [5, 5.41) is 0. The SMILES string of the molecule is CCC(C)CC1(CC)CCN(CC2CCN(/C(N)=C/C=C(\N)C(N)=C3CC3)CC2)CC1. The third-order valence-corrected chi connectivity index (χ3v) is 8.27. The Hall–Kier alpha value is -1.62. The second kappa shape index (κ2) is 10.8. The maximum atomic E-state index is 6.33. The topological polar surface area (TPSA) is 84.5 Å². The van der Waals surface area contributed by atoms with E-state index in [9.17, 15) is 0 Å². The van der Waals surface area contributed by atoms with E-state index in [1.807, 2.05) is 12.2 Å². The Balaban J connectivity index is 1.42. The van der Waals surface area contributed by atoms with Gasteiger partial charge in [-0.1, -0.05) is 33.6 Å². The van der Waals surface area contributed by atoms with Crippen LogP contribution in [0.1, 0.15) is 78.6 Å². The minimum Gasteiger partial charge on any atom is -0.397 e. The second-order valence-corrected chi connectivity index (χ2v) is 10.5. The van der Waals surface area contributed by atoms with Gasteiger partial charge in [0.1, 0.15) is 0 Å². The molecule has 2 saturated heterocycles. The van der Waals surface area contributed by atoms with Gasteiger partial charge in [-0.15, -0.1) is 0 Å². The summed E-state index contributed by atoms with van der Waals surface area (Å²) in [6.45, 7) is 13.1. The van der Waals surface area contributed by atoms with Crippen molar-refractivity contribution in [2.75, 3.05) is 32.7 Å². The molecule has 1 unspecified atom stereocenters. The van der Waals surface area contributed by atoms with Gasteiger partial charge in [-0.25, -0.2) is 0 Å². The van der Waals surface area contributed by atoms with Crippen LogP contribution in [-0.4, -0.2) is 42.5 Å². The van der Waals surface area contributed by atoms with E-state index in [2.05, 4.69) is 30.6 Å². The monoisotopic (exact) mass is 429 g/mol. The van der Waals surface area contributed by atoms with Crippen molar-refractivity contribution in [3.8, 4) is 0 Å². The van der Waals surface area contributed by atoms with Gasteiger partial charge in [-0.2, -0.15) is 0 Å². The zero-order chi connectivity index (χ0) is 22.4.